The van der Waals surface area contributed by atoms with E-state index in [1.165, 1.54) is 0 Å². The van der Waals surface area contributed by atoms with Gasteiger partial charge in [-0.3, -0.25) is 4.79 Å². The fraction of sp³-hybridized carbons (Fsp3) is 0.188. The van der Waals surface area contributed by atoms with E-state index in [1.54, 1.807) is 11.8 Å². The maximum atomic E-state index is 11.9. The Balaban J connectivity index is 1.84. The second-order valence-corrected chi connectivity index (χ2v) is 6.37. The third-order valence-electron chi connectivity index (χ3n) is 3.30. The lowest BCUT2D eigenvalue weighted by atomic mass is 10.1. The molecule has 5 heteroatoms. The van der Waals surface area contributed by atoms with Gasteiger partial charge in [0.15, 0.2) is 0 Å². The molecule has 1 heterocycles. The Bertz CT molecular complexity index is 690. The average Bonchev–Trinajstić information content (AvgIpc) is 2.75. The van der Waals surface area contributed by atoms with Crippen molar-refractivity contribution in [3.8, 4) is 0 Å². The summed E-state index contributed by atoms with van der Waals surface area (Å²) >= 11 is 7.63. The Morgan fingerprint density at radius 1 is 1.24 bits per heavy atom. The molecule has 0 aliphatic carbocycles. The van der Waals surface area contributed by atoms with E-state index >= 15 is 0 Å². The number of nitrogens with one attached hydrogen (secondary N) is 2. The van der Waals surface area contributed by atoms with Crippen LogP contribution in [0.25, 0.3) is 0 Å². The first-order chi connectivity index (χ1) is 10.2. The van der Waals surface area contributed by atoms with Crippen LogP contribution in [0, 0.1) is 0 Å². The molecule has 1 unspecified atom stereocenters. The van der Waals surface area contributed by atoms with Crippen LogP contribution in [0.3, 0.4) is 0 Å². The summed E-state index contributed by atoms with van der Waals surface area (Å²) in [5.41, 5.74) is 1.90. The molecule has 1 aliphatic heterocycles. The number of likely N-dealkylation sites (N-methyl/N-ethyl adjacent to an activating group) is 1. The summed E-state index contributed by atoms with van der Waals surface area (Å²) in [6, 6.07) is 13.5. The number of halogens is 1. The van der Waals surface area contributed by atoms with Crippen molar-refractivity contribution >= 4 is 35.0 Å². The summed E-state index contributed by atoms with van der Waals surface area (Å²) < 4.78 is 0. The third-order valence-corrected chi connectivity index (χ3v) is 4.51. The van der Waals surface area contributed by atoms with E-state index in [0.29, 0.717) is 0 Å². The van der Waals surface area contributed by atoms with E-state index in [0.717, 1.165) is 32.6 Å². The number of hydrogen-bond acceptors (Lipinski definition) is 3. The van der Waals surface area contributed by atoms with Gasteiger partial charge in [0.05, 0.1) is 0 Å². The number of benzene rings is 2. The first kappa shape index (κ1) is 14.4. The topological polar surface area (TPSA) is 41.1 Å². The van der Waals surface area contributed by atoms with E-state index in [4.69, 9.17) is 11.6 Å². The van der Waals surface area contributed by atoms with Crippen LogP contribution in [0.1, 0.15) is 18.5 Å². The molecule has 1 aliphatic rings. The molecule has 108 valence electrons. The van der Waals surface area contributed by atoms with Gasteiger partial charge in [-0.1, -0.05) is 42.4 Å². The highest BCUT2D eigenvalue weighted by molar-refractivity contribution is 7.99. The Morgan fingerprint density at radius 2 is 2.05 bits per heavy atom. The summed E-state index contributed by atoms with van der Waals surface area (Å²) in [6.07, 6.45) is 0. The summed E-state index contributed by atoms with van der Waals surface area (Å²) in [5, 5.41) is 6.84. The van der Waals surface area contributed by atoms with Gasteiger partial charge in [0.2, 0.25) is 5.91 Å². The van der Waals surface area contributed by atoms with Crippen LogP contribution in [0.5, 0.6) is 0 Å². The van der Waals surface area contributed by atoms with Crippen LogP contribution in [0.15, 0.2) is 52.3 Å². The van der Waals surface area contributed by atoms with E-state index in [1.807, 2.05) is 49.4 Å². The summed E-state index contributed by atoms with van der Waals surface area (Å²) in [7, 11) is 0. The lowest BCUT2D eigenvalue weighted by molar-refractivity contribution is -0.117. The Labute approximate surface area is 133 Å². The molecule has 2 N–H and O–H groups in total. The van der Waals surface area contributed by atoms with Gasteiger partial charge in [-0.2, -0.15) is 0 Å². The predicted octanol–water partition coefficient (Wildman–Crippen LogP) is 4.09. The van der Waals surface area contributed by atoms with Crippen molar-refractivity contribution in [3.05, 3.63) is 53.1 Å². The number of anilines is 1. The molecule has 0 saturated carbocycles. The highest BCUT2D eigenvalue weighted by atomic mass is 35.5. The van der Waals surface area contributed by atoms with Crippen LogP contribution in [0.4, 0.5) is 5.69 Å². The van der Waals surface area contributed by atoms with Crippen molar-refractivity contribution in [1.82, 2.24) is 5.32 Å². The number of amides is 1. The summed E-state index contributed by atoms with van der Waals surface area (Å²) in [4.78, 5) is 14.1. The molecule has 3 nitrogen and oxygen atoms in total. The van der Waals surface area contributed by atoms with E-state index in [2.05, 4.69) is 10.6 Å². The zero-order valence-corrected chi connectivity index (χ0v) is 13.1. The van der Waals surface area contributed by atoms with Crippen molar-refractivity contribution in [2.24, 2.45) is 0 Å². The van der Waals surface area contributed by atoms with Gasteiger partial charge < -0.3 is 10.6 Å². The SMILES string of the molecule is CCNC1C(=O)Nc2cc(Sc3cccc(Cl)c3)ccc21. The molecule has 0 saturated heterocycles. The molecular formula is C16H15ClN2OS. The first-order valence-corrected chi connectivity index (χ1v) is 7.98. The minimum Gasteiger partial charge on any atom is -0.324 e. The highest BCUT2D eigenvalue weighted by Gasteiger charge is 2.29. The zero-order valence-electron chi connectivity index (χ0n) is 11.5. The fourth-order valence-corrected chi connectivity index (χ4v) is 3.55. The largest absolute Gasteiger partial charge is 0.324 e. The van der Waals surface area contributed by atoms with Crippen molar-refractivity contribution in [1.29, 1.82) is 0 Å². The fourth-order valence-electron chi connectivity index (χ4n) is 2.38. The van der Waals surface area contributed by atoms with Crippen molar-refractivity contribution in [3.63, 3.8) is 0 Å². The minimum atomic E-state index is -0.241. The van der Waals surface area contributed by atoms with Crippen molar-refractivity contribution < 1.29 is 4.79 Å². The van der Waals surface area contributed by atoms with E-state index < -0.39 is 0 Å². The van der Waals surface area contributed by atoms with Gasteiger partial charge >= 0.3 is 0 Å². The molecule has 0 fully saturated rings. The van der Waals surface area contributed by atoms with Crippen LogP contribution >= 0.6 is 23.4 Å². The molecule has 3 rings (SSSR count). The molecule has 1 amide bonds. The average molecular weight is 319 g/mol. The lowest BCUT2D eigenvalue weighted by Crippen LogP contribution is -2.27. The molecule has 0 radical (unpaired) electrons. The van der Waals surface area contributed by atoms with Crippen LogP contribution in [0.2, 0.25) is 5.02 Å². The quantitative estimate of drug-likeness (QED) is 0.892. The molecular weight excluding hydrogens is 304 g/mol. The van der Waals surface area contributed by atoms with Gasteiger partial charge in [0.1, 0.15) is 6.04 Å². The van der Waals surface area contributed by atoms with Gasteiger partial charge in [-0.25, -0.2) is 0 Å². The molecule has 2 aromatic carbocycles. The number of rotatable bonds is 4. The monoisotopic (exact) mass is 318 g/mol. The summed E-state index contributed by atoms with van der Waals surface area (Å²) in [6.45, 7) is 2.76. The Morgan fingerprint density at radius 3 is 2.81 bits per heavy atom. The van der Waals surface area contributed by atoms with E-state index in [9.17, 15) is 4.79 Å². The second kappa shape index (κ2) is 6.10. The highest BCUT2D eigenvalue weighted by Crippen LogP contribution is 2.36. The van der Waals surface area contributed by atoms with Gasteiger partial charge in [-0.05, 0) is 36.9 Å². The molecule has 21 heavy (non-hydrogen) atoms. The lowest BCUT2D eigenvalue weighted by Gasteiger charge is -2.09. The Hall–Kier alpha value is -1.49. The third kappa shape index (κ3) is 3.07. The standard InChI is InChI=1S/C16H15ClN2OS/c1-2-18-15-13-7-6-12(9-14(13)19-16(15)20)21-11-5-3-4-10(17)8-11/h3-9,15,18H,2H2,1H3,(H,19,20). The maximum Gasteiger partial charge on any atom is 0.246 e. The molecule has 0 aromatic heterocycles. The van der Waals surface area contributed by atoms with Gasteiger partial charge in [-0.15, -0.1) is 0 Å². The number of hydrogen-bond donors (Lipinski definition) is 2. The van der Waals surface area contributed by atoms with Crippen molar-refractivity contribution in [2.45, 2.75) is 22.8 Å². The zero-order chi connectivity index (χ0) is 14.8. The minimum absolute atomic E-state index is 0.0109. The van der Waals surface area contributed by atoms with Crippen molar-refractivity contribution in [2.75, 3.05) is 11.9 Å². The first-order valence-electron chi connectivity index (χ1n) is 6.79. The molecule has 0 bridgehead atoms. The summed E-state index contributed by atoms with van der Waals surface area (Å²) in [5.74, 6) is 0.0109. The van der Waals surface area contributed by atoms with E-state index in [-0.39, 0.29) is 11.9 Å². The molecule has 1 atom stereocenters. The maximum absolute atomic E-state index is 11.9. The number of fused-ring (bicyclic) bond motifs is 1. The molecule has 2 aromatic rings. The van der Waals surface area contributed by atoms with Gasteiger partial charge in [0.25, 0.3) is 0 Å². The normalized spacial score (nSPS) is 16.7. The van der Waals surface area contributed by atoms with Gasteiger partial charge in [0, 0.05) is 26.1 Å². The van der Waals surface area contributed by atoms with Crippen LogP contribution in [-0.2, 0) is 4.79 Å². The molecule has 0 spiro atoms. The van der Waals surface area contributed by atoms with Crippen LogP contribution < -0.4 is 10.6 Å². The smallest absolute Gasteiger partial charge is 0.246 e. The second-order valence-electron chi connectivity index (χ2n) is 4.79. The van der Waals surface area contributed by atoms with Crippen LogP contribution in [-0.4, -0.2) is 12.5 Å². The Kier molecular flexibility index (Phi) is 4.19. The number of carbonyl (C=O) groups is 1. The number of carbonyl (C=O) groups excluding carboxylic acids is 1. The predicted molar refractivity (Wildman–Crippen MR) is 87.1 cm³/mol.